The fourth-order valence-electron chi connectivity index (χ4n) is 1.38. The average Bonchev–Trinajstić information content (AvgIpc) is 2.74. The monoisotopic (exact) mass is 298 g/mol. The Bertz CT molecular complexity index is 424. The Labute approximate surface area is 111 Å². The van der Waals surface area contributed by atoms with Crippen molar-refractivity contribution in [1.29, 1.82) is 0 Å². The minimum atomic E-state index is -4.36. The third kappa shape index (κ3) is 5.51. The van der Waals surface area contributed by atoms with Crippen LogP contribution in [0, 0.1) is 0 Å². The van der Waals surface area contributed by atoms with Gasteiger partial charge in [-0.3, -0.25) is 15.1 Å². The molecule has 0 saturated carbocycles. The summed E-state index contributed by atoms with van der Waals surface area (Å²) in [6, 6.07) is 0. The van der Waals surface area contributed by atoms with E-state index in [1.54, 1.807) is 0 Å². The van der Waals surface area contributed by atoms with E-state index in [1.807, 2.05) is 5.43 Å². The summed E-state index contributed by atoms with van der Waals surface area (Å²) >= 11 is 0.987. The summed E-state index contributed by atoms with van der Waals surface area (Å²) in [5, 5.41) is 10.3. The number of nitrogens with two attached hydrogens (primary N) is 1. The number of alkyl halides is 3. The molecule has 1 aromatic rings. The number of aliphatic hydroxyl groups excluding tert-OH is 1. The Morgan fingerprint density at radius 1 is 1.58 bits per heavy atom. The third-order valence-corrected chi connectivity index (χ3v) is 2.97. The van der Waals surface area contributed by atoms with Crippen LogP contribution in [0.5, 0.6) is 0 Å². The van der Waals surface area contributed by atoms with Crippen LogP contribution in [0.4, 0.5) is 13.2 Å². The van der Waals surface area contributed by atoms with Crippen LogP contribution in [0.2, 0.25) is 0 Å². The number of nitrogen functional groups attached to an aromatic ring is 1. The predicted molar refractivity (Wildman–Crippen MR) is 62.2 cm³/mol. The molecular formula is C9H13F3N4O2S. The van der Waals surface area contributed by atoms with Crippen molar-refractivity contribution < 1.29 is 23.1 Å². The molecule has 1 rings (SSSR count). The third-order valence-electron chi connectivity index (χ3n) is 2.08. The van der Waals surface area contributed by atoms with Crippen molar-refractivity contribution in [1.82, 2.24) is 15.3 Å². The highest BCUT2D eigenvalue weighted by Gasteiger charge is 2.30. The highest BCUT2D eigenvalue weighted by Crippen LogP contribution is 2.18. The van der Waals surface area contributed by atoms with E-state index in [9.17, 15) is 18.0 Å². The van der Waals surface area contributed by atoms with E-state index < -0.39 is 25.2 Å². The van der Waals surface area contributed by atoms with Gasteiger partial charge < -0.3 is 5.11 Å². The summed E-state index contributed by atoms with van der Waals surface area (Å²) in [4.78, 5) is 16.0. The second-order valence-corrected chi connectivity index (χ2v) is 4.52. The van der Waals surface area contributed by atoms with Gasteiger partial charge >= 0.3 is 6.18 Å². The Hall–Kier alpha value is -1.23. The molecule has 0 bridgehead atoms. The van der Waals surface area contributed by atoms with Gasteiger partial charge in [-0.15, -0.1) is 11.3 Å². The van der Waals surface area contributed by atoms with Crippen LogP contribution >= 0.6 is 11.3 Å². The zero-order chi connectivity index (χ0) is 14.5. The van der Waals surface area contributed by atoms with Crippen LogP contribution in [0.15, 0.2) is 5.38 Å². The average molecular weight is 298 g/mol. The molecule has 0 spiro atoms. The summed E-state index contributed by atoms with van der Waals surface area (Å²) in [5.74, 6) is 4.32. The van der Waals surface area contributed by atoms with Gasteiger partial charge in [-0.2, -0.15) is 13.2 Å². The van der Waals surface area contributed by atoms with Crippen molar-refractivity contribution in [3.8, 4) is 0 Å². The molecule has 0 fully saturated rings. The molecule has 0 aromatic carbocycles. The van der Waals surface area contributed by atoms with Crippen molar-refractivity contribution in [2.45, 2.75) is 12.7 Å². The largest absolute Gasteiger partial charge is 0.401 e. The van der Waals surface area contributed by atoms with Crippen molar-refractivity contribution in [2.75, 3.05) is 19.7 Å². The van der Waals surface area contributed by atoms with Crippen LogP contribution < -0.4 is 11.3 Å². The van der Waals surface area contributed by atoms with Crippen molar-refractivity contribution in [3.63, 3.8) is 0 Å². The number of carbonyl (C=O) groups is 1. The van der Waals surface area contributed by atoms with Gasteiger partial charge in [0, 0.05) is 18.5 Å². The van der Waals surface area contributed by atoms with Crippen LogP contribution in [-0.4, -0.2) is 46.8 Å². The molecule has 10 heteroatoms. The molecule has 0 aliphatic heterocycles. The molecular weight excluding hydrogens is 285 g/mol. The van der Waals surface area contributed by atoms with E-state index in [4.69, 9.17) is 10.9 Å². The lowest BCUT2D eigenvalue weighted by Gasteiger charge is -2.21. The molecule has 19 heavy (non-hydrogen) atoms. The number of hydrogen-bond acceptors (Lipinski definition) is 6. The van der Waals surface area contributed by atoms with Gasteiger partial charge in [-0.05, 0) is 0 Å². The Kier molecular flexibility index (Phi) is 5.66. The van der Waals surface area contributed by atoms with E-state index in [-0.39, 0.29) is 18.1 Å². The molecule has 108 valence electrons. The molecule has 6 nitrogen and oxygen atoms in total. The molecule has 0 unspecified atom stereocenters. The van der Waals surface area contributed by atoms with Crippen molar-refractivity contribution in [2.24, 2.45) is 5.84 Å². The molecule has 0 atom stereocenters. The number of nitrogens with zero attached hydrogens (tertiary/aromatic N) is 2. The van der Waals surface area contributed by atoms with Gasteiger partial charge in [-0.25, -0.2) is 10.8 Å². The Morgan fingerprint density at radius 2 is 2.26 bits per heavy atom. The Morgan fingerprint density at radius 3 is 2.79 bits per heavy atom. The highest BCUT2D eigenvalue weighted by molar-refractivity contribution is 7.11. The van der Waals surface area contributed by atoms with Gasteiger partial charge in [0.05, 0.1) is 18.8 Å². The van der Waals surface area contributed by atoms with E-state index in [2.05, 4.69) is 4.98 Å². The lowest BCUT2D eigenvalue weighted by molar-refractivity contribution is -0.148. The van der Waals surface area contributed by atoms with Crippen LogP contribution in [0.1, 0.15) is 15.5 Å². The number of amides is 1. The number of thiazole rings is 1. The smallest absolute Gasteiger partial charge is 0.395 e. The van der Waals surface area contributed by atoms with Gasteiger partial charge in [-0.1, -0.05) is 0 Å². The summed E-state index contributed by atoms with van der Waals surface area (Å²) < 4.78 is 36.9. The number of carbonyl (C=O) groups excluding carboxylic acids is 1. The van der Waals surface area contributed by atoms with Gasteiger partial charge in [0.1, 0.15) is 0 Å². The van der Waals surface area contributed by atoms with E-state index in [0.29, 0.717) is 5.69 Å². The summed E-state index contributed by atoms with van der Waals surface area (Å²) in [6.07, 6.45) is -4.36. The molecule has 0 aliphatic carbocycles. The first kappa shape index (κ1) is 15.8. The molecule has 1 amide bonds. The van der Waals surface area contributed by atoms with E-state index in [0.717, 1.165) is 16.2 Å². The topological polar surface area (TPSA) is 91.5 Å². The van der Waals surface area contributed by atoms with Crippen molar-refractivity contribution in [3.05, 3.63) is 16.1 Å². The van der Waals surface area contributed by atoms with Crippen LogP contribution in [0.3, 0.4) is 0 Å². The maximum absolute atomic E-state index is 12.3. The molecule has 1 heterocycles. The zero-order valence-electron chi connectivity index (χ0n) is 9.78. The quantitative estimate of drug-likeness (QED) is 0.394. The SMILES string of the molecule is NNC(=O)c1nc(CN(CCO)CC(F)(F)F)cs1. The first-order valence-corrected chi connectivity index (χ1v) is 6.09. The Balaban J connectivity index is 2.68. The number of rotatable bonds is 6. The van der Waals surface area contributed by atoms with Crippen LogP contribution in [-0.2, 0) is 6.54 Å². The maximum Gasteiger partial charge on any atom is 0.401 e. The maximum atomic E-state index is 12.3. The lowest BCUT2D eigenvalue weighted by atomic mass is 10.4. The molecule has 0 saturated heterocycles. The zero-order valence-corrected chi connectivity index (χ0v) is 10.6. The summed E-state index contributed by atoms with van der Waals surface area (Å²) in [6.45, 7) is -1.77. The molecule has 1 aromatic heterocycles. The molecule has 4 N–H and O–H groups in total. The number of aromatic nitrogens is 1. The number of hydrogen-bond donors (Lipinski definition) is 3. The fourth-order valence-corrected chi connectivity index (χ4v) is 2.09. The van der Waals surface area contributed by atoms with Gasteiger partial charge in [0.2, 0.25) is 0 Å². The summed E-state index contributed by atoms with van der Waals surface area (Å²) in [7, 11) is 0. The number of nitrogens with one attached hydrogen (secondary N) is 1. The van der Waals surface area contributed by atoms with Gasteiger partial charge in [0.25, 0.3) is 5.91 Å². The minimum Gasteiger partial charge on any atom is -0.395 e. The number of halogens is 3. The summed E-state index contributed by atoms with van der Waals surface area (Å²) in [5.41, 5.74) is 2.21. The van der Waals surface area contributed by atoms with E-state index in [1.165, 1.54) is 5.38 Å². The molecule has 0 aliphatic rings. The minimum absolute atomic E-state index is 0.0773. The fraction of sp³-hybridized carbons (Fsp3) is 0.556. The van der Waals surface area contributed by atoms with Crippen LogP contribution in [0.25, 0.3) is 0 Å². The second-order valence-electron chi connectivity index (χ2n) is 3.67. The number of hydrazine groups is 1. The standard InChI is InChI=1S/C9H13F3N4O2S/c10-9(11,12)5-16(1-2-17)3-6-4-19-8(14-6)7(18)15-13/h4,17H,1-3,5,13H2,(H,15,18). The second kappa shape index (κ2) is 6.80. The predicted octanol–water partition coefficient (Wildman–Crippen LogP) is 0.103. The van der Waals surface area contributed by atoms with Gasteiger partial charge in [0.15, 0.2) is 5.01 Å². The highest BCUT2D eigenvalue weighted by atomic mass is 32.1. The normalized spacial score (nSPS) is 11.9. The lowest BCUT2D eigenvalue weighted by Crippen LogP contribution is -2.36. The van der Waals surface area contributed by atoms with E-state index >= 15 is 0 Å². The molecule has 0 radical (unpaired) electrons. The van der Waals surface area contributed by atoms with Crippen molar-refractivity contribution >= 4 is 17.2 Å². The number of aliphatic hydroxyl groups is 1. The first-order chi connectivity index (χ1) is 8.85. The first-order valence-electron chi connectivity index (χ1n) is 5.21.